The summed E-state index contributed by atoms with van der Waals surface area (Å²) >= 11 is 6.48. The first-order valence-electron chi connectivity index (χ1n) is 13.3. The van der Waals surface area contributed by atoms with Gasteiger partial charge in [0.2, 0.25) is 5.91 Å². The molecule has 8 heteroatoms. The molecule has 7 nitrogen and oxygen atoms in total. The molecule has 208 valence electrons. The third kappa shape index (κ3) is 7.10. The van der Waals surface area contributed by atoms with E-state index in [4.69, 9.17) is 16.7 Å². The van der Waals surface area contributed by atoms with Gasteiger partial charge in [0.1, 0.15) is 12.4 Å². The molecule has 0 aliphatic rings. The molecular formula is C32H36ClN5O2. The topological polar surface area (TPSA) is 79.3 Å². The molecule has 1 aromatic heterocycles. The molecule has 0 radical (unpaired) electrons. The van der Waals surface area contributed by atoms with Crippen LogP contribution in [0.5, 0.6) is 0 Å². The summed E-state index contributed by atoms with van der Waals surface area (Å²) in [7, 11) is 0. The summed E-state index contributed by atoms with van der Waals surface area (Å²) in [5, 5.41) is 11.3. The molecule has 1 heterocycles. The SMILES string of the molecule is Cc1cccc(C)c1NC(=O)N(CCc1ccccc1)CC(=O)Nc1cc(C(C)(C)C)nn1-c1ccccc1Cl. The number of hydrogen-bond donors (Lipinski definition) is 2. The number of hydrogen-bond acceptors (Lipinski definition) is 3. The Kier molecular flexibility index (Phi) is 8.95. The first-order valence-corrected chi connectivity index (χ1v) is 13.7. The van der Waals surface area contributed by atoms with Crippen molar-refractivity contribution in [2.75, 3.05) is 23.7 Å². The standard InChI is InChI=1S/C32H36ClN5O2/c1-22-12-11-13-23(2)30(22)35-31(40)37(19-18-24-14-7-6-8-15-24)21-29(39)34-28-20-27(32(3,4)5)36-38(28)26-17-10-9-16-25(26)33/h6-17,20H,18-19,21H2,1-5H3,(H,34,39)(H,35,40). The Morgan fingerprint density at radius 1 is 0.900 bits per heavy atom. The van der Waals surface area contributed by atoms with Gasteiger partial charge in [-0.2, -0.15) is 5.10 Å². The fourth-order valence-corrected chi connectivity index (χ4v) is 4.57. The van der Waals surface area contributed by atoms with Crippen molar-refractivity contribution in [1.29, 1.82) is 0 Å². The van der Waals surface area contributed by atoms with Crippen LogP contribution in [0.2, 0.25) is 5.02 Å². The summed E-state index contributed by atoms with van der Waals surface area (Å²) in [6.45, 7) is 10.3. The molecule has 2 N–H and O–H groups in total. The quantitative estimate of drug-likeness (QED) is 0.241. The Balaban J connectivity index is 1.58. The lowest BCUT2D eigenvalue weighted by Crippen LogP contribution is -2.42. The average Bonchev–Trinajstić information content (AvgIpc) is 3.33. The minimum absolute atomic E-state index is 0.137. The number of urea groups is 1. The van der Waals surface area contributed by atoms with Crippen molar-refractivity contribution < 1.29 is 9.59 Å². The summed E-state index contributed by atoms with van der Waals surface area (Å²) in [5.74, 6) is 0.152. The summed E-state index contributed by atoms with van der Waals surface area (Å²) in [4.78, 5) is 28.5. The number of amides is 3. The van der Waals surface area contributed by atoms with Gasteiger partial charge in [-0.25, -0.2) is 9.48 Å². The van der Waals surface area contributed by atoms with Crippen LogP contribution in [-0.2, 0) is 16.6 Å². The molecule has 0 aliphatic carbocycles. The van der Waals surface area contributed by atoms with Crippen molar-refractivity contribution in [3.05, 3.63) is 106 Å². The smallest absolute Gasteiger partial charge is 0.315 e. The molecule has 0 saturated heterocycles. The van der Waals surface area contributed by atoms with E-state index in [9.17, 15) is 9.59 Å². The molecule has 0 aliphatic heterocycles. The van der Waals surface area contributed by atoms with Gasteiger partial charge < -0.3 is 15.5 Å². The molecule has 0 atom stereocenters. The van der Waals surface area contributed by atoms with E-state index in [1.165, 1.54) is 4.90 Å². The first-order chi connectivity index (χ1) is 19.0. The number of aryl methyl sites for hydroxylation is 2. The van der Waals surface area contributed by atoms with Gasteiger partial charge in [-0.1, -0.05) is 93.0 Å². The second kappa shape index (κ2) is 12.4. The van der Waals surface area contributed by atoms with Crippen molar-refractivity contribution in [1.82, 2.24) is 14.7 Å². The molecule has 40 heavy (non-hydrogen) atoms. The number of carbonyl (C=O) groups excluding carboxylic acids is 2. The molecule has 0 fully saturated rings. The number of anilines is 2. The second-order valence-corrected chi connectivity index (χ2v) is 11.3. The summed E-state index contributed by atoms with van der Waals surface area (Å²) in [5.41, 5.74) is 4.96. The Morgan fingerprint density at radius 3 is 2.20 bits per heavy atom. The number of para-hydroxylation sites is 2. The maximum Gasteiger partial charge on any atom is 0.322 e. The van der Waals surface area contributed by atoms with Crippen LogP contribution in [0.1, 0.15) is 43.2 Å². The van der Waals surface area contributed by atoms with Crippen LogP contribution >= 0.6 is 11.6 Å². The van der Waals surface area contributed by atoms with E-state index < -0.39 is 0 Å². The van der Waals surface area contributed by atoms with Gasteiger partial charge in [0.05, 0.1) is 16.4 Å². The molecule has 3 aromatic carbocycles. The molecule has 4 rings (SSSR count). The fourth-order valence-electron chi connectivity index (χ4n) is 4.36. The van der Waals surface area contributed by atoms with Crippen LogP contribution in [0.25, 0.3) is 5.69 Å². The van der Waals surface area contributed by atoms with Crippen molar-refractivity contribution in [3.63, 3.8) is 0 Å². The van der Waals surface area contributed by atoms with Crippen LogP contribution in [0.4, 0.5) is 16.3 Å². The van der Waals surface area contributed by atoms with E-state index in [-0.39, 0.29) is 23.9 Å². The number of carbonyl (C=O) groups is 2. The van der Waals surface area contributed by atoms with Crippen LogP contribution < -0.4 is 10.6 Å². The zero-order chi connectivity index (χ0) is 28.9. The minimum atomic E-state index is -0.335. The monoisotopic (exact) mass is 557 g/mol. The van der Waals surface area contributed by atoms with Crippen molar-refractivity contribution in [3.8, 4) is 5.69 Å². The average molecular weight is 558 g/mol. The van der Waals surface area contributed by atoms with E-state index in [2.05, 4.69) is 31.4 Å². The number of rotatable bonds is 8. The molecule has 0 saturated carbocycles. The van der Waals surface area contributed by atoms with E-state index in [0.29, 0.717) is 29.5 Å². The Hall–Kier alpha value is -4.10. The van der Waals surface area contributed by atoms with Crippen molar-refractivity contribution in [2.45, 2.75) is 46.5 Å². The highest BCUT2D eigenvalue weighted by Crippen LogP contribution is 2.29. The maximum absolute atomic E-state index is 13.5. The highest BCUT2D eigenvalue weighted by Gasteiger charge is 2.24. The number of aromatic nitrogens is 2. The summed E-state index contributed by atoms with van der Waals surface area (Å²) in [6, 6.07) is 24.6. The fraction of sp³-hybridized carbons (Fsp3) is 0.281. The number of benzene rings is 3. The molecule has 0 spiro atoms. The van der Waals surface area contributed by atoms with Gasteiger partial charge in [0.25, 0.3) is 0 Å². The summed E-state index contributed by atoms with van der Waals surface area (Å²) < 4.78 is 1.64. The lowest BCUT2D eigenvalue weighted by atomic mass is 9.92. The first kappa shape index (κ1) is 28.9. The number of nitrogens with one attached hydrogen (secondary N) is 2. The van der Waals surface area contributed by atoms with Gasteiger partial charge in [-0.15, -0.1) is 0 Å². The lowest BCUT2D eigenvalue weighted by molar-refractivity contribution is -0.116. The third-order valence-electron chi connectivity index (χ3n) is 6.67. The number of nitrogens with zero attached hydrogens (tertiary/aromatic N) is 3. The summed E-state index contributed by atoms with van der Waals surface area (Å²) in [6.07, 6.45) is 0.611. The van der Waals surface area contributed by atoms with Gasteiger partial charge in [0, 0.05) is 23.7 Å². The Bertz CT molecular complexity index is 1470. The molecule has 3 amide bonds. The zero-order valence-corrected chi connectivity index (χ0v) is 24.4. The largest absolute Gasteiger partial charge is 0.322 e. The van der Waals surface area contributed by atoms with E-state index in [1.54, 1.807) is 10.7 Å². The van der Waals surface area contributed by atoms with Gasteiger partial charge in [-0.3, -0.25) is 4.79 Å². The van der Waals surface area contributed by atoms with Gasteiger partial charge in [0.15, 0.2) is 0 Å². The predicted octanol–water partition coefficient (Wildman–Crippen LogP) is 7.16. The predicted molar refractivity (Wildman–Crippen MR) is 163 cm³/mol. The van der Waals surface area contributed by atoms with Crippen LogP contribution in [0.15, 0.2) is 78.9 Å². The minimum Gasteiger partial charge on any atom is -0.315 e. The van der Waals surface area contributed by atoms with E-state index in [1.807, 2.05) is 86.6 Å². The molecule has 0 bridgehead atoms. The zero-order valence-electron chi connectivity index (χ0n) is 23.7. The van der Waals surface area contributed by atoms with Gasteiger partial charge >= 0.3 is 6.03 Å². The number of halogens is 1. The van der Waals surface area contributed by atoms with Crippen molar-refractivity contribution >= 4 is 35.0 Å². The van der Waals surface area contributed by atoms with E-state index in [0.717, 1.165) is 28.1 Å². The Morgan fingerprint density at radius 2 is 1.55 bits per heavy atom. The third-order valence-corrected chi connectivity index (χ3v) is 6.99. The highest BCUT2D eigenvalue weighted by molar-refractivity contribution is 6.32. The highest BCUT2D eigenvalue weighted by atomic mass is 35.5. The maximum atomic E-state index is 13.5. The molecule has 0 unspecified atom stereocenters. The Labute approximate surface area is 241 Å². The van der Waals surface area contributed by atoms with E-state index >= 15 is 0 Å². The van der Waals surface area contributed by atoms with Crippen molar-refractivity contribution in [2.24, 2.45) is 0 Å². The van der Waals surface area contributed by atoms with Crippen LogP contribution in [0, 0.1) is 13.8 Å². The van der Waals surface area contributed by atoms with Crippen LogP contribution in [0.3, 0.4) is 0 Å². The normalized spacial score (nSPS) is 11.2. The lowest BCUT2D eigenvalue weighted by Gasteiger charge is -2.24. The van der Waals surface area contributed by atoms with Crippen LogP contribution in [-0.4, -0.2) is 39.7 Å². The second-order valence-electron chi connectivity index (χ2n) is 10.9. The molecular weight excluding hydrogens is 522 g/mol. The molecule has 4 aromatic rings. The van der Waals surface area contributed by atoms with Gasteiger partial charge in [-0.05, 0) is 49.1 Å².